The van der Waals surface area contributed by atoms with Crippen LogP contribution in [0.25, 0.3) is 0 Å². The minimum absolute atomic E-state index is 0.250. The zero-order valence-electron chi connectivity index (χ0n) is 29.5. The zero-order valence-corrected chi connectivity index (χ0v) is 32.5. The maximum Gasteiger partial charge on any atom is 0.500 e. The van der Waals surface area contributed by atoms with Crippen molar-refractivity contribution in [3.63, 3.8) is 0 Å². The summed E-state index contributed by atoms with van der Waals surface area (Å²) in [5.74, 6) is 0. The van der Waals surface area contributed by atoms with E-state index in [0.29, 0.717) is 0 Å². The first-order chi connectivity index (χ1) is 20.6. The van der Waals surface area contributed by atoms with E-state index in [1.165, 1.54) is 115 Å². The van der Waals surface area contributed by atoms with Gasteiger partial charge in [0.2, 0.25) is 0 Å². The van der Waals surface area contributed by atoms with Gasteiger partial charge in [0, 0.05) is 27.4 Å². The van der Waals surface area contributed by atoms with Crippen molar-refractivity contribution in [2.75, 3.05) is 21.3 Å². The van der Waals surface area contributed by atoms with Crippen molar-refractivity contribution >= 4 is 41.5 Å². The molecule has 0 unspecified atom stereocenters. The number of unbranched alkanes of at least 4 members (excludes halogenated alkanes) is 15. The third-order valence-corrected chi connectivity index (χ3v) is 19.2. The molecular formula is C35H68O5Si3. The maximum absolute atomic E-state index is 8.12. The van der Waals surface area contributed by atoms with E-state index in [0.717, 1.165) is 12.5 Å². The Morgan fingerprint density at radius 1 is 0.488 bits per heavy atom. The average molecular weight is 653 g/mol. The van der Waals surface area contributed by atoms with Gasteiger partial charge in [-0.15, -0.1) is 0 Å². The lowest BCUT2D eigenvalue weighted by Crippen LogP contribution is -2.46. The maximum atomic E-state index is 8.12. The van der Waals surface area contributed by atoms with E-state index in [4.69, 9.17) is 22.9 Å². The summed E-state index contributed by atoms with van der Waals surface area (Å²) >= 11 is 0. The Hall–Kier alpha value is -0.869. The number of hydrogen-bond donors (Lipinski definition) is 0. The van der Waals surface area contributed by atoms with Crippen LogP contribution in [0.3, 0.4) is 0 Å². The molecule has 1 aromatic carbocycles. The first kappa shape index (κ1) is 42.1. The molecular weight excluding hydrogens is 585 g/mol. The Balaban J connectivity index is 0.00000562. The van der Waals surface area contributed by atoms with Crippen LogP contribution in [-0.2, 0) is 22.9 Å². The molecule has 0 saturated heterocycles. The normalized spacial score (nSPS) is 12.1. The van der Waals surface area contributed by atoms with Crippen molar-refractivity contribution in [2.24, 2.45) is 0 Å². The van der Waals surface area contributed by atoms with Crippen molar-refractivity contribution in [2.45, 2.75) is 160 Å². The van der Waals surface area contributed by atoms with E-state index < -0.39 is 25.0 Å². The SMILES string of the molecule is CCCCCCCCCCCCCCCCCC[Si](C)(C)c1ccc([Si](C)(C)CCC[Si](OC)(OC)OC)cc1.O=C=O. The molecule has 0 aromatic heterocycles. The summed E-state index contributed by atoms with van der Waals surface area (Å²) in [4.78, 5) is 16.2. The molecule has 0 atom stereocenters. The van der Waals surface area contributed by atoms with E-state index in [-0.39, 0.29) is 6.15 Å². The monoisotopic (exact) mass is 652 g/mol. The van der Waals surface area contributed by atoms with E-state index in [2.05, 4.69) is 57.4 Å². The van der Waals surface area contributed by atoms with Crippen molar-refractivity contribution < 1.29 is 22.9 Å². The van der Waals surface area contributed by atoms with Gasteiger partial charge in [-0.25, -0.2) is 0 Å². The van der Waals surface area contributed by atoms with Crippen LogP contribution in [0.5, 0.6) is 0 Å². The fourth-order valence-electron chi connectivity index (χ4n) is 6.08. The second-order valence-electron chi connectivity index (χ2n) is 13.6. The quantitative estimate of drug-likeness (QED) is 0.0737. The topological polar surface area (TPSA) is 61.8 Å². The van der Waals surface area contributed by atoms with Gasteiger partial charge in [0.1, 0.15) is 0 Å². The summed E-state index contributed by atoms with van der Waals surface area (Å²) in [5.41, 5.74) is 0. The van der Waals surface area contributed by atoms with Gasteiger partial charge in [0.15, 0.2) is 0 Å². The van der Waals surface area contributed by atoms with Gasteiger partial charge < -0.3 is 13.3 Å². The van der Waals surface area contributed by atoms with E-state index in [1.807, 2.05) is 0 Å². The van der Waals surface area contributed by atoms with Crippen molar-refractivity contribution in [1.29, 1.82) is 0 Å². The molecule has 1 aromatic rings. The lowest BCUT2D eigenvalue weighted by Gasteiger charge is -2.28. The molecule has 8 heteroatoms. The van der Waals surface area contributed by atoms with Crippen LogP contribution >= 0.6 is 0 Å². The number of rotatable bonds is 26. The van der Waals surface area contributed by atoms with Gasteiger partial charge in [0.05, 0.1) is 16.1 Å². The highest BCUT2D eigenvalue weighted by atomic mass is 28.4. The number of carbonyl (C=O) groups excluding carboxylic acids is 2. The Morgan fingerprint density at radius 2 is 0.767 bits per heavy atom. The summed E-state index contributed by atoms with van der Waals surface area (Å²) < 4.78 is 16.9. The molecule has 0 fully saturated rings. The van der Waals surface area contributed by atoms with Crippen LogP contribution in [0.15, 0.2) is 24.3 Å². The molecule has 0 amide bonds. The lowest BCUT2D eigenvalue weighted by atomic mass is 10.0. The second-order valence-corrected chi connectivity index (χ2v) is 26.4. The third-order valence-electron chi connectivity index (χ3n) is 9.32. The molecule has 5 nitrogen and oxygen atoms in total. The van der Waals surface area contributed by atoms with Gasteiger partial charge in [-0.2, -0.15) is 9.59 Å². The standard InChI is InChI=1S/C34H68O3Si3.CO2/c1-9-10-11-12-13-14-15-16-17-18-19-20-21-22-23-24-30-38(5,6)33-26-28-34(29-27-33)39(7,8)31-25-32-40(35-2,36-3)37-4;2-1-3/h26-29H,9-25,30-32H2,1-8H3;. The molecule has 0 bridgehead atoms. The van der Waals surface area contributed by atoms with Crippen LogP contribution in [0.1, 0.15) is 116 Å². The fourth-order valence-corrected chi connectivity index (χ4v) is 13.1. The van der Waals surface area contributed by atoms with Crippen molar-refractivity contribution in [3.8, 4) is 0 Å². The van der Waals surface area contributed by atoms with Crippen LogP contribution in [0.2, 0.25) is 44.3 Å². The molecule has 0 saturated carbocycles. The molecule has 0 heterocycles. The van der Waals surface area contributed by atoms with E-state index in [1.54, 1.807) is 31.7 Å². The Bertz CT molecular complexity index is 811. The third kappa shape index (κ3) is 19.3. The van der Waals surface area contributed by atoms with E-state index >= 15 is 0 Å². The Morgan fingerprint density at radius 3 is 1.07 bits per heavy atom. The van der Waals surface area contributed by atoms with Gasteiger partial charge in [-0.1, -0.05) is 189 Å². The van der Waals surface area contributed by atoms with Crippen LogP contribution in [0.4, 0.5) is 0 Å². The molecule has 0 aliphatic heterocycles. The molecule has 43 heavy (non-hydrogen) atoms. The van der Waals surface area contributed by atoms with Crippen molar-refractivity contribution in [1.82, 2.24) is 0 Å². The predicted octanol–water partition coefficient (Wildman–Crippen LogP) is 9.46. The van der Waals surface area contributed by atoms with Gasteiger partial charge >= 0.3 is 15.0 Å². The molecule has 0 N–H and O–H groups in total. The molecule has 0 aliphatic rings. The van der Waals surface area contributed by atoms with Gasteiger partial charge in [-0.3, -0.25) is 0 Å². The molecule has 0 radical (unpaired) electrons. The minimum Gasteiger partial charge on any atom is -0.377 e. The average Bonchev–Trinajstić information content (AvgIpc) is 3.00. The number of benzene rings is 1. The van der Waals surface area contributed by atoms with Crippen LogP contribution < -0.4 is 10.4 Å². The first-order valence-corrected chi connectivity index (χ1v) is 25.7. The number of hydrogen-bond acceptors (Lipinski definition) is 5. The van der Waals surface area contributed by atoms with Crippen molar-refractivity contribution in [3.05, 3.63) is 24.3 Å². The summed E-state index contributed by atoms with van der Waals surface area (Å²) in [6.45, 7) is 12.4. The zero-order chi connectivity index (χ0) is 32.5. The predicted molar refractivity (Wildman–Crippen MR) is 191 cm³/mol. The first-order valence-electron chi connectivity index (χ1n) is 17.3. The molecule has 0 spiro atoms. The van der Waals surface area contributed by atoms with Crippen LogP contribution in [0, 0.1) is 0 Å². The molecule has 250 valence electrons. The summed E-state index contributed by atoms with van der Waals surface area (Å²) in [6, 6.07) is 13.4. The summed E-state index contributed by atoms with van der Waals surface area (Å²) in [5, 5.41) is 3.20. The fraction of sp³-hybridized carbons (Fsp3) is 0.800. The largest absolute Gasteiger partial charge is 0.500 e. The van der Waals surface area contributed by atoms with Crippen LogP contribution in [-0.4, -0.2) is 52.4 Å². The van der Waals surface area contributed by atoms with E-state index in [9.17, 15) is 0 Å². The molecule has 0 aliphatic carbocycles. The minimum atomic E-state index is -2.46. The van der Waals surface area contributed by atoms with Gasteiger partial charge in [-0.05, 0) is 0 Å². The highest BCUT2D eigenvalue weighted by molar-refractivity contribution is 6.91. The lowest BCUT2D eigenvalue weighted by molar-refractivity contribution is -0.191. The summed E-state index contributed by atoms with van der Waals surface area (Å²) in [7, 11) is -0.175. The Labute approximate surface area is 269 Å². The second kappa shape index (κ2) is 25.3. The smallest absolute Gasteiger partial charge is 0.377 e. The molecule has 1 rings (SSSR count). The highest BCUT2D eigenvalue weighted by Gasteiger charge is 2.38. The Kier molecular flexibility index (Phi) is 24.8. The van der Waals surface area contributed by atoms with Gasteiger partial charge in [0.25, 0.3) is 0 Å². The summed E-state index contributed by atoms with van der Waals surface area (Å²) in [6.07, 6.45) is 24.4. The highest BCUT2D eigenvalue weighted by Crippen LogP contribution is 2.22.